The molecule has 0 spiro atoms. The molecule has 2 saturated carbocycles. The van der Waals surface area contributed by atoms with Crippen molar-refractivity contribution in [3.05, 3.63) is 29.8 Å². The minimum absolute atomic E-state index is 0.427. The number of ether oxygens (including phenoxy) is 1. The van der Waals surface area contributed by atoms with E-state index in [1.165, 1.54) is 12.8 Å². The monoisotopic (exact) mass is 204 g/mol. The van der Waals surface area contributed by atoms with Crippen LogP contribution in [0, 0.1) is 0 Å². The zero-order valence-electron chi connectivity index (χ0n) is 8.78. The Labute approximate surface area is 89.9 Å². The molecule has 80 valence electrons. The summed E-state index contributed by atoms with van der Waals surface area (Å²) >= 11 is 0. The van der Waals surface area contributed by atoms with Crippen LogP contribution in [-0.4, -0.2) is 11.2 Å². The van der Waals surface area contributed by atoms with Crippen molar-refractivity contribution in [2.75, 3.05) is 0 Å². The first-order valence-electron chi connectivity index (χ1n) is 5.76. The highest BCUT2D eigenvalue weighted by molar-refractivity contribution is 5.33. The number of aliphatic hydroxyl groups is 1. The molecule has 2 aliphatic rings. The van der Waals surface area contributed by atoms with Crippen molar-refractivity contribution in [2.45, 2.75) is 43.8 Å². The van der Waals surface area contributed by atoms with Gasteiger partial charge in [0.15, 0.2) is 0 Å². The molecule has 0 aliphatic heterocycles. The third-order valence-corrected chi connectivity index (χ3v) is 3.38. The number of hydrogen-bond acceptors (Lipinski definition) is 2. The van der Waals surface area contributed by atoms with Gasteiger partial charge in [-0.15, -0.1) is 0 Å². The average Bonchev–Trinajstić information content (AvgIpc) is 2.98. The van der Waals surface area contributed by atoms with Crippen molar-refractivity contribution < 1.29 is 9.84 Å². The fraction of sp³-hybridized carbons (Fsp3) is 0.538. The van der Waals surface area contributed by atoms with Gasteiger partial charge in [0.1, 0.15) is 5.75 Å². The summed E-state index contributed by atoms with van der Waals surface area (Å²) in [7, 11) is 0. The fourth-order valence-corrected chi connectivity index (χ4v) is 2.04. The normalized spacial score (nSPS) is 23.3. The topological polar surface area (TPSA) is 29.5 Å². The van der Waals surface area contributed by atoms with Crippen molar-refractivity contribution >= 4 is 0 Å². The Morgan fingerprint density at radius 1 is 1.27 bits per heavy atom. The van der Waals surface area contributed by atoms with Gasteiger partial charge in [-0.3, -0.25) is 0 Å². The molecule has 2 nitrogen and oxygen atoms in total. The molecule has 0 bridgehead atoms. The van der Waals surface area contributed by atoms with E-state index >= 15 is 0 Å². The first kappa shape index (κ1) is 9.22. The molecule has 1 aromatic rings. The molecule has 3 rings (SSSR count). The van der Waals surface area contributed by atoms with Gasteiger partial charge in [-0.05, 0) is 49.8 Å². The molecule has 0 radical (unpaired) electrons. The van der Waals surface area contributed by atoms with E-state index < -0.39 is 5.60 Å². The summed E-state index contributed by atoms with van der Waals surface area (Å²) in [5.74, 6) is 0.912. The highest BCUT2D eigenvalue weighted by Crippen LogP contribution is 2.42. The Bertz CT molecular complexity index is 365. The van der Waals surface area contributed by atoms with Gasteiger partial charge in [0.25, 0.3) is 0 Å². The number of benzene rings is 1. The third-order valence-electron chi connectivity index (χ3n) is 3.38. The molecule has 0 unspecified atom stereocenters. The van der Waals surface area contributed by atoms with Crippen molar-refractivity contribution in [1.82, 2.24) is 0 Å². The molecule has 0 saturated heterocycles. The van der Waals surface area contributed by atoms with E-state index in [2.05, 4.69) is 0 Å². The Kier molecular flexibility index (Phi) is 1.99. The van der Waals surface area contributed by atoms with Crippen LogP contribution in [0.2, 0.25) is 0 Å². The minimum atomic E-state index is -0.567. The molecule has 1 N–H and O–H groups in total. The second kappa shape index (κ2) is 3.24. The van der Waals surface area contributed by atoms with Gasteiger partial charge in [-0.1, -0.05) is 12.1 Å². The molecular weight excluding hydrogens is 188 g/mol. The van der Waals surface area contributed by atoms with Crippen LogP contribution in [-0.2, 0) is 5.60 Å². The standard InChI is InChI=1S/C13H16O2/c14-13(7-2-8-13)10-3-1-4-12(9-10)15-11-5-6-11/h1,3-4,9,11,14H,2,5-8H2. The van der Waals surface area contributed by atoms with Crippen molar-refractivity contribution in [1.29, 1.82) is 0 Å². The summed E-state index contributed by atoms with van der Waals surface area (Å²) in [6.45, 7) is 0. The van der Waals surface area contributed by atoms with Crippen molar-refractivity contribution in [2.24, 2.45) is 0 Å². The van der Waals surface area contributed by atoms with E-state index in [0.717, 1.165) is 30.6 Å². The highest BCUT2D eigenvalue weighted by atomic mass is 16.5. The summed E-state index contributed by atoms with van der Waals surface area (Å²) in [4.78, 5) is 0. The lowest BCUT2D eigenvalue weighted by Crippen LogP contribution is -2.33. The van der Waals surface area contributed by atoms with Gasteiger partial charge >= 0.3 is 0 Å². The number of rotatable bonds is 3. The predicted octanol–water partition coefficient (Wildman–Crippen LogP) is 2.60. The molecule has 15 heavy (non-hydrogen) atoms. The van der Waals surface area contributed by atoms with Crippen molar-refractivity contribution in [3.63, 3.8) is 0 Å². The van der Waals surface area contributed by atoms with E-state index in [0.29, 0.717) is 6.10 Å². The summed E-state index contributed by atoms with van der Waals surface area (Å²) in [6, 6.07) is 7.95. The van der Waals surface area contributed by atoms with Crippen LogP contribution in [0.4, 0.5) is 0 Å². The Morgan fingerprint density at radius 3 is 2.67 bits per heavy atom. The average molecular weight is 204 g/mol. The maximum atomic E-state index is 10.2. The largest absolute Gasteiger partial charge is 0.490 e. The molecular formula is C13H16O2. The summed E-state index contributed by atoms with van der Waals surface area (Å²) in [5.41, 5.74) is 0.454. The van der Waals surface area contributed by atoms with Crippen LogP contribution in [0.3, 0.4) is 0 Å². The zero-order valence-corrected chi connectivity index (χ0v) is 8.78. The molecule has 0 amide bonds. The van der Waals surface area contributed by atoms with Crippen LogP contribution in [0.25, 0.3) is 0 Å². The van der Waals surface area contributed by atoms with Crippen LogP contribution in [0.15, 0.2) is 24.3 Å². The third kappa shape index (κ3) is 1.74. The van der Waals surface area contributed by atoms with E-state index in [1.54, 1.807) is 0 Å². The van der Waals surface area contributed by atoms with Crippen LogP contribution >= 0.6 is 0 Å². The van der Waals surface area contributed by atoms with Gasteiger partial charge in [0.05, 0.1) is 11.7 Å². The lowest BCUT2D eigenvalue weighted by molar-refractivity contribution is -0.0389. The zero-order chi connectivity index (χ0) is 10.3. The molecule has 2 heteroatoms. The first-order valence-corrected chi connectivity index (χ1v) is 5.76. The fourth-order valence-electron chi connectivity index (χ4n) is 2.04. The van der Waals surface area contributed by atoms with E-state index in [1.807, 2.05) is 24.3 Å². The maximum Gasteiger partial charge on any atom is 0.120 e. The maximum absolute atomic E-state index is 10.2. The smallest absolute Gasteiger partial charge is 0.120 e. The Hall–Kier alpha value is -1.02. The SMILES string of the molecule is OC1(c2cccc(OC3CC3)c2)CCC1. The van der Waals surface area contributed by atoms with Crippen molar-refractivity contribution in [3.8, 4) is 5.75 Å². The van der Waals surface area contributed by atoms with E-state index in [4.69, 9.17) is 4.74 Å². The first-order chi connectivity index (χ1) is 7.26. The van der Waals surface area contributed by atoms with Gasteiger partial charge in [0.2, 0.25) is 0 Å². The van der Waals surface area contributed by atoms with Crippen LogP contribution in [0.1, 0.15) is 37.7 Å². The highest BCUT2D eigenvalue weighted by Gasteiger charge is 2.36. The van der Waals surface area contributed by atoms with Gasteiger partial charge in [-0.2, -0.15) is 0 Å². The lowest BCUT2D eigenvalue weighted by atomic mass is 9.75. The Morgan fingerprint density at radius 2 is 2.07 bits per heavy atom. The molecule has 0 heterocycles. The lowest BCUT2D eigenvalue weighted by Gasteiger charge is -2.37. The molecule has 2 aliphatic carbocycles. The second-order valence-corrected chi connectivity index (χ2v) is 4.73. The minimum Gasteiger partial charge on any atom is -0.490 e. The van der Waals surface area contributed by atoms with Crippen LogP contribution in [0.5, 0.6) is 5.75 Å². The number of hydrogen-bond donors (Lipinski definition) is 1. The van der Waals surface area contributed by atoms with Gasteiger partial charge in [0, 0.05) is 0 Å². The summed E-state index contributed by atoms with van der Waals surface area (Å²) in [5, 5.41) is 10.2. The predicted molar refractivity (Wildman–Crippen MR) is 57.8 cm³/mol. The summed E-state index contributed by atoms with van der Waals surface area (Å²) < 4.78 is 5.72. The van der Waals surface area contributed by atoms with E-state index in [9.17, 15) is 5.11 Å². The Balaban J connectivity index is 1.81. The van der Waals surface area contributed by atoms with E-state index in [-0.39, 0.29) is 0 Å². The van der Waals surface area contributed by atoms with Crippen LogP contribution < -0.4 is 4.74 Å². The van der Waals surface area contributed by atoms with Gasteiger partial charge in [-0.25, -0.2) is 0 Å². The second-order valence-electron chi connectivity index (χ2n) is 4.73. The molecule has 0 atom stereocenters. The van der Waals surface area contributed by atoms with Gasteiger partial charge < -0.3 is 9.84 Å². The quantitative estimate of drug-likeness (QED) is 0.820. The molecule has 2 fully saturated rings. The molecule has 1 aromatic carbocycles. The summed E-state index contributed by atoms with van der Waals surface area (Å²) in [6.07, 6.45) is 5.68. The molecule has 0 aromatic heterocycles.